The first-order valence-corrected chi connectivity index (χ1v) is 12.4. The van der Waals surface area contributed by atoms with Crippen molar-refractivity contribution in [3.8, 4) is 0 Å². The molecule has 0 aliphatic heterocycles. The Morgan fingerprint density at radius 3 is 1.89 bits per heavy atom. The number of ether oxygens (including phenoxy) is 2. The highest BCUT2D eigenvalue weighted by Gasteiger charge is 2.84. The fourth-order valence-electron chi connectivity index (χ4n) is 6.82. The number of carbonyl (C=O) groups is 3. The lowest BCUT2D eigenvalue weighted by Crippen LogP contribution is -2.49. The Bertz CT molecular complexity index is 1270. The third kappa shape index (κ3) is 3.38. The standard InChI is InChI=1S/C31H34O6/c1-7-29(4,35)19-18-22-28(2,3)31(27(34)37-6)24(21-16-12-9-13-17-21)23(20-14-10-8-11-15-20)30(22,25(31)32)26(33)36-5/h7-17,22,35H,1,18-19H2,2-6H3/t22-,29?,30-,31-/m0/s1. The summed E-state index contributed by atoms with van der Waals surface area (Å²) >= 11 is 0. The summed E-state index contributed by atoms with van der Waals surface area (Å²) in [6, 6.07) is 18.4. The zero-order chi connectivity index (χ0) is 27.2. The Kier molecular flexibility index (Phi) is 6.53. The van der Waals surface area contributed by atoms with Gasteiger partial charge in [0.05, 0.1) is 19.8 Å². The number of Topliss-reactive ketones (excluding diaryl/α,β-unsaturated/α-hetero) is 1. The van der Waals surface area contributed by atoms with Crippen LogP contribution in [0.25, 0.3) is 11.1 Å². The summed E-state index contributed by atoms with van der Waals surface area (Å²) < 4.78 is 10.7. The molecule has 6 nitrogen and oxygen atoms in total. The van der Waals surface area contributed by atoms with E-state index >= 15 is 0 Å². The van der Waals surface area contributed by atoms with Gasteiger partial charge in [0.25, 0.3) is 0 Å². The predicted octanol–water partition coefficient (Wildman–Crippen LogP) is 4.87. The Morgan fingerprint density at radius 1 is 0.946 bits per heavy atom. The van der Waals surface area contributed by atoms with E-state index in [-0.39, 0.29) is 12.8 Å². The van der Waals surface area contributed by atoms with Crippen molar-refractivity contribution in [1.29, 1.82) is 0 Å². The van der Waals surface area contributed by atoms with Crippen molar-refractivity contribution in [1.82, 2.24) is 0 Å². The Balaban J connectivity index is 2.20. The van der Waals surface area contributed by atoms with Crippen LogP contribution in [0.1, 0.15) is 44.7 Å². The number of methoxy groups -OCH3 is 2. The van der Waals surface area contributed by atoms with Gasteiger partial charge in [-0.2, -0.15) is 0 Å². The average molecular weight is 503 g/mol. The van der Waals surface area contributed by atoms with E-state index in [1.165, 1.54) is 20.3 Å². The van der Waals surface area contributed by atoms with Gasteiger partial charge in [0.1, 0.15) is 0 Å². The van der Waals surface area contributed by atoms with E-state index in [9.17, 15) is 19.5 Å². The van der Waals surface area contributed by atoms with Gasteiger partial charge in [0.15, 0.2) is 16.6 Å². The zero-order valence-electron chi connectivity index (χ0n) is 22.0. The van der Waals surface area contributed by atoms with E-state index < -0.39 is 45.5 Å². The number of benzene rings is 2. The molecule has 6 heteroatoms. The Labute approximate surface area is 218 Å². The number of carbonyl (C=O) groups excluding carboxylic acids is 3. The van der Waals surface area contributed by atoms with Gasteiger partial charge in [-0.3, -0.25) is 14.4 Å². The molecule has 2 aliphatic rings. The van der Waals surface area contributed by atoms with E-state index in [0.29, 0.717) is 22.3 Å². The number of aliphatic hydroxyl groups is 1. The van der Waals surface area contributed by atoms with Crippen molar-refractivity contribution < 1.29 is 29.0 Å². The number of rotatable bonds is 8. The number of esters is 2. The van der Waals surface area contributed by atoms with E-state index in [4.69, 9.17) is 9.47 Å². The van der Waals surface area contributed by atoms with E-state index in [1.807, 2.05) is 74.5 Å². The molecule has 0 radical (unpaired) electrons. The van der Waals surface area contributed by atoms with Crippen LogP contribution < -0.4 is 0 Å². The molecule has 2 aromatic rings. The highest BCUT2D eigenvalue weighted by molar-refractivity contribution is 6.38. The van der Waals surface area contributed by atoms with Crippen LogP contribution in [0.4, 0.5) is 0 Å². The average Bonchev–Trinajstić information content (AvgIpc) is 3.23. The molecule has 0 aromatic heterocycles. The first-order valence-electron chi connectivity index (χ1n) is 12.4. The molecular weight excluding hydrogens is 468 g/mol. The van der Waals surface area contributed by atoms with Crippen molar-refractivity contribution in [2.24, 2.45) is 22.2 Å². The van der Waals surface area contributed by atoms with Gasteiger partial charge in [-0.15, -0.1) is 6.58 Å². The monoisotopic (exact) mass is 502 g/mol. The molecule has 1 unspecified atom stereocenters. The molecule has 0 heterocycles. The molecule has 1 fully saturated rings. The molecule has 0 amide bonds. The third-order valence-electron chi connectivity index (χ3n) is 8.58. The van der Waals surface area contributed by atoms with Gasteiger partial charge in [-0.05, 0) is 53.4 Å². The minimum absolute atomic E-state index is 0.233. The third-order valence-corrected chi connectivity index (χ3v) is 8.58. The predicted molar refractivity (Wildman–Crippen MR) is 141 cm³/mol. The summed E-state index contributed by atoms with van der Waals surface area (Å²) in [5.41, 5.74) is -3.59. The molecule has 37 heavy (non-hydrogen) atoms. The Hall–Kier alpha value is -3.51. The maximum absolute atomic E-state index is 14.9. The maximum Gasteiger partial charge on any atom is 0.324 e. The van der Waals surface area contributed by atoms with Crippen molar-refractivity contribution >= 4 is 28.9 Å². The molecule has 2 aliphatic carbocycles. The summed E-state index contributed by atoms with van der Waals surface area (Å²) in [6.07, 6.45) is 1.94. The van der Waals surface area contributed by atoms with Crippen molar-refractivity contribution in [2.45, 2.75) is 39.2 Å². The first-order chi connectivity index (χ1) is 17.5. The molecule has 4 atom stereocenters. The fourth-order valence-corrected chi connectivity index (χ4v) is 6.82. The zero-order valence-corrected chi connectivity index (χ0v) is 22.0. The van der Waals surface area contributed by atoms with Crippen LogP contribution in [0.15, 0.2) is 73.3 Å². The lowest BCUT2D eigenvalue weighted by atomic mass is 9.53. The molecule has 0 saturated heterocycles. The van der Waals surface area contributed by atoms with Crippen LogP contribution in [0.2, 0.25) is 0 Å². The van der Waals surface area contributed by atoms with Crippen LogP contribution in [0.5, 0.6) is 0 Å². The minimum Gasteiger partial charge on any atom is -0.468 e. The molecular formula is C31H34O6. The second kappa shape index (κ2) is 9.10. The summed E-state index contributed by atoms with van der Waals surface area (Å²) in [6.45, 7) is 9.03. The SMILES string of the molecule is C=CC(C)(O)CC[C@H]1C(C)(C)[C@]2(C(=O)OC)C(=O)[C@@]1(C(=O)OC)C(c1ccccc1)=C2c1ccccc1. The van der Waals surface area contributed by atoms with Crippen LogP contribution in [-0.4, -0.2) is 42.6 Å². The summed E-state index contributed by atoms with van der Waals surface area (Å²) in [4.78, 5) is 42.8. The van der Waals surface area contributed by atoms with Gasteiger partial charge in [0, 0.05) is 0 Å². The number of hydrogen-bond donors (Lipinski definition) is 1. The normalized spacial score (nSPS) is 27.5. The second-order valence-corrected chi connectivity index (χ2v) is 10.7. The fraction of sp³-hybridized carbons (Fsp3) is 0.387. The van der Waals surface area contributed by atoms with Crippen LogP contribution in [-0.2, 0) is 23.9 Å². The second-order valence-electron chi connectivity index (χ2n) is 10.7. The van der Waals surface area contributed by atoms with E-state index in [0.717, 1.165) is 0 Å². The molecule has 2 aromatic carbocycles. The maximum atomic E-state index is 14.9. The van der Waals surface area contributed by atoms with Gasteiger partial charge < -0.3 is 14.6 Å². The van der Waals surface area contributed by atoms with Gasteiger partial charge >= 0.3 is 11.9 Å². The smallest absolute Gasteiger partial charge is 0.324 e. The quantitative estimate of drug-likeness (QED) is 0.315. The minimum atomic E-state index is -1.78. The molecule has 2 bridgehead atoms. The number of fused-ring (bicyclic) bond motifs is 2. The number of ketones is 1. The molecule has 0 spiro atoms. The van der Waals surface area contributed by atoms with Crippen LogP contribution >= 0.6 is 0 Å². The summed E-state index contributed by atoms with van der Waals surface area (Å²) in [7, 11) is 2.52. The summed E-state index contributed by atoms with van der Waals surface area (Å²) in [5.74, 6) is -2.64. The number of hydrogen-bond acceptors (Lipinski definition) is 6. The highest BCUT2D eigenvalue weighted by atomic mass is 16.5. The van der Waals surface area contributed by atoms with Crippen molar-refractivity contribution in [2.75, 3.05) is 14.2 Å². The molecule has 1 N–H and O–H groups in total. The van der Waals surface area contributed by atoms with Crippen LogP contribution in [0.3, 0.4) is 0 Å². The van der Waals surface area contributed by atoms with E-state index in [1.54, 1.807) is 6.92 Å². The highest BCUT2D eigenvalue weighted by Crippen LogP contribution is 2.77. The molecule has 1 saturated carbocycles. The van der Waals surface area contributed by atoms with E-state index in [2.05, 4.69) is 6.58 Å². The van der Waals surface area contributed by atoms with Gasteiger partial charge in [0.2, 0.25) is 0 Å². The lowest BCUT2D eigenvalue weighted by Gasteiger charge is -2.47. The first kappa shape index (κ1) is 26.6. The lowest BCUT2D eigenvalue weighted by molar-refractivity contribution is -0.158. The Morgan fingerprint density at radius 2 is 1.43 bits per heavy atom. The summed E-state index contributed by atoms with van der Waals surface area (Å²) in [5, 5.41) is 10.8. The molecule has 194 valence electrons. The van der Waals surface area contributed by atoms with Gasteiger partial charge in [-0.25, -0.2) is 0 Å². The molecule has 4 rings (SSSR count). The van der Waals surface area contributed by atoms with Crippen molar-refractivity contribution in [3.63, 3.8) is 0 Å². The topological polar surface area (TPSA) is 89.9 Å². The van der Waals surface area contributed by atoms with Crippen LogP contribution in [0, 0.1) is 22.2 Å². The van der Waals surface area contributed by atoms with Crippen molar-refractivity contribution in [3.05, 3.63) is 84.4 Å². The van der Waals surface area contributed by atoms with Gasteiger partial charge in [-0.1, -0.05) is 80.6 Å². The largest absolute Gasteiger partial charge is 0.468 e.